The van der Waals surface area contributed by atoms with Crippen molar-refractivity contribution in [1.29, 1.82) is 0 Å². The number of primary amides is 1. The van der Waals surface area contributed by atoms with Crippen LogP contribution in [-0.4, -0.2) is 52.1 Å². The number of rotatable bonds is 4. The number of guanidine groups is 1. The molecule has 1 saturated carbocycles. The fourth-order valence-corrected chi connectivity index (χ4v) is 5.76. The number of carbonyl (C=O) groups excluding carboxylic acids is 1. The molecule has 1 aromatic carbocycles. The highest BCUT2D eigenvalue weighted by Gasteiger charge is 2.39. The lowest BCUT2D eigenvalue weighted by Gasteiger charge is -2.47. The lowest BCUT2D eigenvalue weighted by Crippen LogP contribution is -2.54. The van der Waals surface area contributed by atoms with Crippen molar-refractivity contribution in [2.75, 3.05) is 18.0 Å². The van der Waals surface area contributed by atoms with E-state index < -0.39 is 0 Å². The molecular weight excluding hydrogens is 402 g/mol. The number of nitrogens with zero attached hydrogens (tertiary/aromatic N) is 4. The first kappa shape index (κ1) is 21.0. The van der Waals surface area contributed by atoms with Crippen LogP contribution in [-0.2, 0) is 4.79 Å². The van der Waals surface area contributed by atoms with E-state index >= 15 is 0 Å². The first-order valence-corrected chi connectivity index (χ1v) is 11.8. The summed E-state index contributed by atoms with van der Waals surface area (Å²) < 4.78 is 0. The first-order chi connectivity index (χ1) is 15.5. The zero-order valence-corrected chi connectivity index (χ0v) is 18.7. The van der Waals surface area contributed by atoms with E-state index in [-0.39, 0.29) is 11.8 Å². The molecule has 8 heteroatoms. The summed E-state index contributed by atoms with van der Waals surface area (Å²) in [4.78, 5) is 21.3. The minimum Gasteiger partial charge on any atom is -0.369 e. The largest absolute Gasteiger partial charge is 0.369 e. The van der Waals surface area contributed by atoms with E-state index in [1.165, 1.54) is 12.8 Å². The molecule has 4 atom stereocenters. The molecule has 0 spiro atoms. The summed E-state index contributed by atoms with van der Waals surface area (Å²) >= 11 is 0. The van der Waals surface area contributed by atoms with Gasteiger partial charge in [0.1, 0.15) is 0 Å². The van der Waals surface area contributed by atoms with Crippen LogP contribution < -0.4 is 16.4 Å². The van der Waals surface area contributed by atoms with E-state index in [1.807, 2.05) is 17.2 Å². The molecule has 1 amide bonds. The van der Waals surface area contributed by atoms with Gasteiger partial charge in [-0.05, 0) is 56.9 Å². The number of nitrogens with two attached hydrogens (primary N) is 2. The highest BCUT2D eigenvalue weighted by molar-refractivity contribution is 5.98. The number of likely N-dealkylation sites (tertiary alicyclic amines) is 1. The van der Waals surface area contributed by atoms with Crippen LogP contribution in [0.4, 0.5) is 5.69 Å². The number of aliphatic imine (C=N–C) groups is 1. The monoisotopic (exact) mass is 435 g/mol. The number of aromatic amines is 1. The molecule has 8 nitrogen and oxygen atoms in total. The van der Waals surface area contributed by atoms with E-state index in [2.05, 4.69) is 40.2 Å². The van der Waals surface area contributed by atoms with Gasteiger partial charge in [0, 0.05) is 47.9 Å². The summed E-state index contributed by atoms with van der Waals surface area (Å²) in [6, 6.07) is 7.01. The lowest BCUT2D eigenvalue weighted by atomic mass is 9.78. The number of H-pyrrole nitrogens is 1. The number of carbonyl (C=O) groups is 1. The first-order valence-electron chi connectivity index (χ1n) is 11.8. The maximum absolute atomic E-state index is 11.9. The van der Waals surface area contributed by atoms with Gasteiger partial charge in [-0.15, -0.1) is 0 Å². The molecule has 0 radical (unpaired) electrons. The SMILES string of the molecule is C[C@@H]1CC[C@H](C(N)=O)CN1C1CCCCC1C1=CCN(c2ccc3cn[nH]c3c2)C(N)=N1. The fourth-order valence-electron chi connectivity index (χ4n) is 5.76. The van der Waals surface area contributed by atoms with Crippen molar-refractivity contribution < 1.29 is 4.79 Å². The third-order valence-electron chi connectivity index (χ3n) is 7.61. The maximum atomic E-state index is 11.9. The van der Waals surface area contributed by atoms with Crippen LogP contribution in [0.5, 0.6) is 0 Å². The molecule has 2 aromatic rings. The van der Waals surface area contributed by atoms with Crippen molar-refractivity contribution in [2.45, 2.75) is 57.5 Å². The predicted octanol–water partition coefficient (Wildman–Crippen LogP) is 2.73. The summed E-state index contributed by atoms with van der Waals surface area (Å²) in [6.45, 7) is 3.75. The third kappa shape index (κ3) is 3.88. The predicted molar refractivity (Wildman–Crippen MR) is 127 cm³/mol. The van der Waals surface area contributed by atoms with Crippen molar-refractivity contribution in [3.63, 3.8) is 0 Å². The quantitative estimate of drug-likeness (QED) is 0.683. The molecule has 2 aliphatic heterocycles. The van der Waals surface area contributed by atoms with Crippen LogP contribution in [0.2, 0.25) is 0 Å². The van der Waals surface area contributed by atoms with Gasteiger partial charge in [-0.25, -0.2) is 4.99 Å². The zero-order valence-electron chi connectivity index (χ0n) is 18.7. The fraction of sp³-hybridized carbons (Fsp3) is 0.542. The highest BCUT2D eigenvalue weighted by Crippen LogP contribution is 2.38. The Bertz CT molecular complexity index is 1060. The van der Waals surface area contributed by atoms with Crippen LogP contribution in [0.15, 0.2) is 41.2 Å². The van der Waals surface area contributed by atoms with E-state index in [0.717, 1.165) is 54.5 Å². The molecule has 1 aliphatic carbocycles. The van der Waals surface area contributed by atoms with E-state index in [0.29, 0.717) is 30.5 Å². The smallest absolute Gasteiger partial charge is 0.221 e. The van der Waals surface area contributed by atoms with Crippen molar-refractivity contribution in [3.8, 4) is 0 Å². The van der Waals surface area contributed by atoms with Crippen LogP contribution in [0, 0.1) is 11.8 Å². The molecule has 2 fully saturated rings. The van der Waals surface area contributed by atoms with E-state index in [1.54, 1.807) is 0 Å². The van der Waals surface area contributed by atoms with Crippen LogP contribution >= 0.6 is 0 Å². The van der Waals surface area contributed by atoms with Gasteiger partial charge in [0.2, 0.25) is 11.9 Å². The summed E-state index contributed by atoms with van der Waals surface area (Å²) in [5.74, 6) is 0.662. The van der Waals surface area contributed by atoms with Crippen molar-refractivity contribution in [3.05, 3.63) is 36.2 Å². The second-order valence-corrected chi connectivity index (χ2v) is 9.53. The number of anilines is 1. The molecule has 2 unspecified atom stereocenters. The number of amides is 1. The summed E-state index contributed by atoms with van der Waals surface area (Å²) in [5.41, 5.74) is 15.2. The Labute approximate surface area is 188 Å². The van der Waals surface area contributed by atoms with Gasteiger partial charge in [0.15, 0.2) is 0 Å². The van der Waals surface area contributed by atoms with Gasteiger partial charge in [-0.3, -0.25) is 14.8 Å². The minimum absolute atomic E-state index is 0.0458. The number of hydrogen-bond donors (Lipinski definition) is 3. The summed E-state index contributed by atoms with van der Waals surface area (Å²) in [6.07, 6.45) is 10.6. The van der Waals surface area contributed by atoms with Gasteiger partial charge in [-0.2, -0.15) is 5.10 Å². The second-order valence-electron chi connectivity index (χ2n) is 9.53. The average Bonchev–Trinajstić information content (AvgIpc) is 3.27. The van der Waals surface area contributed by atoms with Gasteiger partial charge >= 0.3 is 0 Å². The molecular formula is C24H33N7O. The molecule has 32 heavy (non-hydrogen) atoms. The Morgan fingerprint density at radius 1 is 1.19 bits per heavy atom. The van der Waals surface area contributed by atoms with E-state index in [9.17, 15) is 4.79 Å². The Kier molecular flexibility index (Phi) is 5.63. The Balaban J connectivity index is 1.36. The molecule has 170 valence electrons. The van der Waals surface area contributed by atoms with Crippen molar-refractivity contribution in [2.24, 2.45) is 28.3 Å². The number of nitrogens with one attached hydrogen (secondary N) is 1. The molecule has 1 aromatic heterocycles. The topological polar surface area (TPSA) is 117 Å². The zero-order chi connectivity index (χ0) is 22.2. The van der Waals surface area contributed by atoms with Gasteiger partial charge < -0.3 is 16.4 Å². The number of piperidine rings is 1. The van der Waals surface area contributed by atoms with E-state index in [4.69, 9.17) is 16.5 Å². The number of aromatic nitrogens is 2. The molecule has 3 heterocycles. The van der Waals surface area contributed by atoms with Gasteiger partial charge in [-0.1, -0.05) is 12.8 Å². The Hall–Kier alpha value is -2.87. The normalized spacial score (nSPS) is 29.6. The molecule has 5 rings (SSSR count). The van der Waals surface area contributed by atoms with Gasteiger partial charge in [0.25, 0.3) is 0 Å². The number of fused-ring (bicyclic) bond motifs is 1. The number of benzene rings is 1. The number of hydrogen-bond acceptors (Lipinski definition) is 6. The standard InChI is InChI=1S/C24H33N7O/c1-15-6-7-17(23(25)32)14-31(15)22-5-3-2-4-19(22)20-10-11-30(24(26)28-20)18-9-8-16-13-27-29-21(16)12-18/h8-10,12-13,15,17,19,22H,2-7,11,14H2,1H3,(H2,25,32)(H2,26,28)(H,27,29)/t15-,17+,19?,22?/m1/s1. The van der Waals surface area contributed by atoms with Crippen LogP contribution in [0.25, 0.3) is 10.9 Å². The van der Waals surface area contributed by atoms with Crippen molar-refractivity contribution >= 4 is 28.5 Å². The van der Waals surface area contributed by atoms with Gasteiger partial charge in [0.05, 0.1) is 17.6 Å². The minimum atomic E-state index is -0.168. The lowest BCUT2D eigenvalue weighted by molar-refractivity contribution is -0.124. The third-order valence-corrected chi connectivity index (χ3v) is 7.61. The Morgan fingerprint density at radius 3 is 2.84 bits per heavy atom. The molecule has 0 bridgehead atoms. The van der Waals surface area contributed by atoms with Crippen molar-refractivity contribution in [1.82, 2.24) is 15.1 Å². The van der Waals surface area contributed by atoms with Crippen LogP contribution in [0.1, 0.15) is 45.4 Å². The molecule has 1 saturated heterocycles. The molecule has 3 aliphatic rings. The maximum Gasteiger partial charge on any atom is 0.221 e. The summed E-state index contributed by atoms with van der Waals surface area (Å²) in [5, 5.41) is 8.20. The molecule has 5 N–H and O–H groups in total. The Morgan fingerprint density at radius 2 is 2.03 bits per heavy atom. The second kappa shape index (κ2) is 8.58. The average molecular weight is 436 g/mol. The van der Waals surface area contributed by atoms with Crippen LogP contribution in [0.3, 0.4) is 0 Å². The highest BCUT2D eigenvalue weighted by atomic mass is 16.1. The summed E-state index contributed by atoms with van der Waals surface area (Å²) in [7, 11) is 0.